The van der Waals surface area contributed by atoms with E-state index in [2.05, 4.69) is 28.9 Å². The molecule has 0 aliphatic heterocycles. The summed E-state index contributed by atoms with van der Waals surface area (Å²) in [5.41, 5.74) is 0.581. The fourth-order valence-electron chi connectivity index (χ4n) is 1.88. The Morgan fingerprint density at radius 3 is 2.63 bits per heavy atom. The summed E-state index contributed by atoms with van der Waals surface area (Å²) >= 11 is 0. The summed E-state index contributed by atoms with van der Waals surface area (Å²) in [5.74, 6) is 0.861. The lowest BCUT2D eigenvalue weighted by Crippen LogP contribution is -2.22. The van der Waals surface area contributed by atoms with E-state index in [9.17, 15) is 4.39 Å². The first kappa shape index (κ1) is 13.7. The second-order valence-corrected chi connectivity index (χ2v) is 4.33. The number of aromatic nitrogens is 2. The van der Waals surface area contributed by atoms with Crippen LogP contribution in [0.15, 0.2) is 28.8 Å². The maximum Gasteiger partial charge on any atom is 0.240 e. The van der Waals surface area contributed by atoms with E-state index in [1.165, 1.54) is 6.07 Å². The van der Waals surface area contributed by atoms with E-state index in [1.54, 1.807) is 18.2 Å². The molecule has 0 bridgehead atoms. The number of hydrogen-bond acceptors (Lipinski definition) is 4. The minimum absolute atomic E-state index is 0.238. The van der Waals surface area contributed by atoms with Crippen LogP contribution < -0.4 is 0 Å². The molecule has 0 N–H and O–H groups in total. The van der Waals surface area contributed by atoms with Crippen LogP contribution in [-0.2, 0) is 13.0 Å². The maximum atomic E-state index is 13.5. The summed E-state index contributed by atoms with van der Waals surface area (Å²) in [6.45, 7) is 6.67. The molecule has 2 aromatic rings. The molecule has 102 valence electrons. The third-order valence-corrected chi connectivity index (χ3v) is 3.07. The Kier molecular flexibility index (Phi) is 4.63. The van der Waals surface area contributed by atoms with E-state index in [-0.39, 0.29) is 5.82 Å². The molecule has 0 amide bonds. The van der Waals surface area contributed by atoms with Gasteiger partial charge in [-0.2, -0.15) is 4.98 Å². The van der Waals surface area contributed by atoms with E-state index >= 15 is 0 Å². The number of rotatable bonds is 6. The van der Waals surface area contributed by atoms with Gasteiger partial charge in [0, 0.05) is 6.42 Å². The first-order chi connectivity index (χ1) is 9.22. The minimum atomic E-state index is -0.238. The summed E-state index contributed by atoms with van der Waals surface area (Å²) in [4.78, 5) is 6.48. The summed E-state index contributed by atoms with van der Waals surface area (Å²) in [6, 6.07) is 6.64. The number of nitrogens with zero attached hydrogens (tertiary/aromatic N) is 3. The smallest absolute Gasteiger partial charge is 0.240 e. The molecule has 2 rings (SSSR count). The topological polar surface area (TPSA) is 42.2 Å². The van der Waals surface area contributed by atoms with Crippen molar-refractivity contribution in [2.24, 2.45) is 0 Å². The van der Waals surface area contributed by atoms with Crippen molar-refractivity contribution in [1.29, 1.82) is 0 Å². The van der Waals surface area contributed by atoms with Gasteiger partial charge in [0.1, 0.15) is 5.82 Å². The molecule has 0 fully saturated rings. The molecule has 1 heterocycles. The van der Waals surface area contributed by atoms with Crippen LogP contribution in [0.1, 0.15) is 31.1 Å². The Labute approximate surface area is 112 Å². The van der Waals surface area contributed by atoms with Gasteiger partial charge in [-0.05, 0) is 24.7 Å². The van der Waals surface area contributed by atoms with E-state index in [1.807, 2.05) is 0 Å². The van der Waals surface area contributed by atoms with Crippen LogP contribution >= 0.6 is 0 Å². The predicted octanol–water partition coefficient (Wildman–Crippen LogP) is 2.64. The highest BCUT2D eigenvalue weighted by atomic mass is 19.1. The van der Waals surface area contributed by atoms with Gasteiger partial charge < -0.3 is 4.52 Å². The van der Waals surface area contributed by atoms with Gasteiger partial charge >= 0.3 is 0 Å². The maximum absolute atomic E-state index is 13.5. The van der Waals surface area contributed by atoms with Crippen molar-refractivity contribution in [3.63, 3.8) is 0 Å². The van der Waals surface area contributed by atoms with Crippen molar-refractivity contribution in [2.75, 3.05) is 13.1 Å². The molecule has 0 saturated heterocycles. The Bertz CT molecular complexity index is 523. The van der Waals surface area contributed by atoms with Gasteiger partial charge in [0.15, 0.2) is 5.82 Å². The zero-order valence-corrected chi connectivity index (χ0v) is 11.3. The molecule has 19 heavy (non-hydrogen) atoms. The first-order valence-corrected chi connectivity index (χ1v) is 6.50. The Hall–Kier alpha value is -1.75. The summed E-state index contributed by atoms with van der Waals surface area (Å²) < 4.78 is 18.7. The van der Waals surface area contributed by atoms with Gasteiger partial charge in [-0.3, -0.25) is 4.90 Å². The average molecular weight is 263 g/mol. The second kappa shape index (κ2) is 6.43. The fourth-order valence-corrected chi connectivity index (χ4v) is 1.88. The third kappa shape index (κ3) is 3.61. The molecule has 1 aromatic carbocycles. The lowest BCUT2D eigenvalue weighted by atomic mass is 10.1. The van der Waals surface area contributed by atoms with E-state index in [4.69, 9.17) is 4.52 Å². The highest BCUT2D eigenvalue weighted by molar-refractivity contribution is 5.20. The predicted molar refractivity (Wildman–Crippen MR) is 70.1 cm³/mol. The molecule has 0 spiro atoms. The molecular weight excluding hydrogens is 245 g/mol. The summed E-state index contributed by atoms with van der Waals surface area (Å²) in [6.07, 6.45) is 0.356. The molecule has 4 nitrogen and oxygen atoms in total. The number of hydrogen-bond donors (Lipinski definition) is 0. The average Bonchev–Trinajstić information content (AvgIpc) is 2.86. The summed E-state index contributed by atoms with van der Waals surface area (Å²) in [7, 11) is 0. The van der Waals surface area contributed by atoms with Gasteiger partial charge in [-0.1, -0.05) is 37.2 Å². The Morgan fingerprint density at radius 1 is 1.21 bits per heavy atom. The zero-order chi connectivity index (χ0) is 13.7. The molecule has 5 heteroatoms. The standard InChI is InChI=1S/C14H18FN3O/c1-3-18(4-2)10-14-16-13(17-19-14)9-11-7-5-6-8-12(11)15/h5-8H,3-4,9-10H2,1-2H3. The van der Waals surface area contributed by atoms with Crippen LogP contribution in [0.25, 0.3) is 0 Å². The van der Waals surface area contributed by atoms with E-state index < -0.39 is 0 Å². The number of benzene rings is 1. The van der Waals surface area contributed by atoms with Crippen molar-refractivity contribution < 1.29 is 8.91 Å². The molecular formula is C14H18FN3O. The summed E-state index contributed by atoms with van der Waals surface area (Å²) in [5, 5.41) is 3.89. The normalized spacial score (nSPS) is 11.2. The molecule has 0 unspecified atom stereocenters. The van der Waals surface area contributed by atoms with Gasteiger partial charge in [-0.15, -0.1) is 0 Å². The van der Waals surface area contributed by atoms with Crippen molar-refractivity contribution in [2.45, 2.75) is 26.8 Å². The van der Waals surface area contributed by atoms with E-state index in [0.717, 1.165) is 13.1 Å². The minimum Gasteiger partial charge on any atom is -0.338 e. The lowest BCUT2D eigenvalue weighted by Gasteiger charge is -2.14. The highest BCUT2D eigenvalue weighted by Crippen LogP contribution is 2.11. The Morgan fingerprint density at radius 2 is 1.95 bits per heavy atom. The monoisotopic (exact) mass is 263 g/mol. The van der Waals surface area contributed by atoms with Crippen LogP contribution in [0.4, 0.5) is 4.39 Å². The van der Waals surface area contributed by atoms with Crippen LogP contribution in [-0.4, -0.2) is 28.1 Å². The lowest BCUT2D eigenvalue weighted by molar-refractivity contribution is 0.246. The molecule has 0 radical (unpaired) electrons. The molecule has 0 saturated carbocycles. The largest absolute Gasteiger partial charge is 0.338 e. The molecule has 0 aliphatic carbocycles. The quantitative estimate of drug-likeness (QED) is 0.803. The van der Waals surface area contributed by atoms with Crippen molar-refractivity contribution in [3.05, 3.63) is 47.4 Å². The second-order valence-electron chi connectivity index (χ2n) is 4.33. The number of halogens is 1. The fraction of sp³-hybridized carbons (Fsp3) is 0.429. The van der Waals surface area contributed by atoms with Crippen molar-refractivity contribution >= 4 is 0 Å². The SMILES string of the molecule is CCN(CC)Cc1nc(Cc2ccccc2F)no1. The molecule has 0 aliphatic rings. The highest BCUT2D eigenvalue weighted by Gasteiger charge is 2.11. The van der Waals surface area contributed by atoms with Gasteiger partial charge in [0.05, 0.1) is 6.54 Å². The van der Waals surface area contributed by atoms with Crippen LogP contribution in [0, 0.1) is 5.82 Å². The van der Waals surface area contributed by atoms with Crippen molar-refractivity contribution in [3.8, 4) is 0 Å². The van der Waals surface area contributed by atoms with Crippen LogP contribution in [0.2, 0.25) is 0 Å². The Balaban J connectivity index is 2.03. The van der Waals surface area contributed by atoms with Gasteiger partial charge in [0.25, 0.3) is 0 Å². The van der Waals surface area contributed by atoms with Gasteiger partial charge in [-0.25, -0.2) is 4.39 Å². The van der Waals surface area contributed by atoms with Crippen LogP contribution in [0.5, 0.6) is 0 Å². The van der Waals surface area contributed by atoms with Gasteiger partial charge in [0.2, 0.25) is 5.89 Å². The van der Waals surface area contributed by atoms with Crippen molar-refractivity contribution in [1.82, 2.24) is 15.0 Å². The third-order valence-electron chi connectivity index (χ3n) is 3.07. The zero-order valence-electron chi connectivity index (χ0n) is 11.3. The molecule has 0 atom stereocenters. The van der Waals surface area contributed by atoms with E-state index in [0.29, 0.717) is 30.2 Å². The van der Waals surface area contributed by atoms with Crippen LogP contribution in [0.3, 0.4) is 0 Å². The first-order valence-electron chi connectivity index (χ1n) is 6.50. The molecule has 1 aromatic heterocycles.